The Kier molecular flexibility index (Phi) is 6.14. The maximum Gasteiger partial charge on any atom is 0.333 e. The molecule has 0 heterocycles. The van der Waals surface area contributed by atoms with E-state index in [2.05, 4.69) is 6.58 Å². The first-order valence-corrected chi connectivity index (χ1v) is 6.76. The summed E-state index contributed by atoms with van der Waals surface area (Å²) in [6.07, 6.45) is 1.90. The molecule has 1 aliphatic rings. The van der Waals surface area contributed by atoms with Crippen LogP contribution >= 0.6 is 0 Å². The van der Waals surface area contributed by atoms with E-state index in [1.807, 2.05) is 0 Å². The fraction of sp³-hybridized carbons (Fsp3) is 0.533. The number of hydrogen-bond donors (Lipinski definition) is 1. The predicted molar refractivity (Wildman–Crippen MR) is 74.4 cm³/mol. The lowest BCUT2D eigenvalue weighted by atomic mass is 9.83. The molecule has 0 radical (unpaired) electrons. The summed E-state index contributed by atoms with van der Waals surface area (Å²) in [4.78, 5) is 34.3. The smallest absolute Gasteiger partial charge is 0.333 e. The predicted octanol–water partition coefficient (Wildman–Crippen LogP) is 1.85. The summed E-state index contributed by atoms with van der Waals surface area (Å²) >= 11 is 0. The molecule has 21 heavy (non-hydrogen) atoms. The zero-order valence-electron chi connectivity index (χ0n) is 12.3. The average Bonchev–Trinajstić information content (AvgIpc) is 2.42. The third-order valence-electron chi connectivity index (χ3n) is 3.28. The highest BCUT2D eigenvalue weighted by atomic mass is 16.6. The largest absolute Gasteiger partial charge is 0.478 e. The van der Waals surface area contributed by atoms with E-state index in [0.717, 1.165) is 6.42 Å². The van der Waals surface area contributed by atoms with Crippen molar-refractivity contribution >= 4 is 17.9 Å². The van der Waals surface area contributed by atoms with Crippen molar-refractivity contribution in [2.75, 3.05) is 13.2 Å². The first-order chi connectivity index (χ1) is 9.84. The Morgan fingerprint density at radius 1 is 1.29 bits per heavy atom. The lowest BCUT2D eigenvalue weighted by molar-refractivity contribution is -0.154. The van der Waals surface area contributed by atoms with Crippen LogP contribution in [-0.2, 0) is 23.9 Å². The third-order valence-corrected chi connectivity index (χ3v) is 3.28. The molecule has 1 N–H and O–H groups in total. The van der Waals surface area contributed by atoms with Crippen LogP contribution in [0.15, 0.2) is 23.3 Å². The highest BCUT2D eigenvalue weighted by molar-refractivity contribution is 5.95. The van der Waals surface area contributed by atoms with E-state index in [-0.39, 0.29) is 24.4 Å². The fourth-order valence-corrected chi connectivity index (χ4v) is 2.22. The van der Waals surface area contributed by atoms with E-state index in [9.17, 15) is 19.5 Å². The van der Waals surface area contributed by atoms with Crippen LogP contribution in [0, 0.1) is 5.92 Å². The number of rotatable bonds is 6. The van der Waals surface area contributed by atoms with Crippen LogP contribution in [0.25, 0.3) is 0 Å². The van der Waals surface area contributed by atoms with Gasteiger partial charge in [-0.15, -0.1) is 0 Å². The molecule has 116 valence electrons. The summed E-state index contributed by atoms with van der Waals surface area (Å²) in [6, 6.07) is 0. The molecule has 0 bridgehead atoms. The summed E-state index contributed by atoms with van der Waals surface area (Å²) in [5, 5.41) is 9.19. The minimum Gasteiger partial charge on any atom is -0.478 e. The second kappa shape index (κ2) is 7.61. The first-order valence-electron chi connectivity index (χ1n) is 6.76. The van der Waals surface area contributed by atoms with Gasteiger partial charge in [0, 0.05) is 5.57 Å². The highest BCUT2D eigenvalue weighted by Crippen LogP contribution is 2.31. The maximum atomic E-state index is 12.0. The Morgan fingerprint density at radius 3 is 2.48 bits per heavy atom. The molecule has 0 aromatic rings. The standard InChI is InChI=1S/C15H20O6/c1-9(2)14(18)20-7-8-21-15(19)11-6-4-5-10(3)12(11)13(16)17/h11H,1,4-8H2,2-3H3,(H,16,17). The Hall–Kier alpha value is -2.11. The van der Waals surface area contributed by atoms with E-state index in [0.29, 0.717) is 18.4 Å². The van der Waals surface area contributed by atoms with Crippen LogP contribution < -0.4 is 0 Å². The normalized spacial score (nSPS) is 18.1. The van der Waals surface area contributed by atoms with Crippen molar-refractivity contribution in [1.29, 1.82) is 0 Å². The number of hydrogen-bond acceptors (Lipinski definition) is 5. The number of esters is 2. The number of carboxylic acids is 1. The van der Waals surface area contributed by atoms with Gasteiger partial charge in [0.25, 0.3) is 0 Å². The molecule has 6 heteroatoms. The fourth-order valence-electron chi connectivity index (χ4n) is 2.22. The molecule has 1 aliphatic carbocycles. The number of aliphatic carboxylic acids is 1. The monoisotopic (exact) mass is 296 g/mol. The minimum absolute atomic E-state index is 0.0742. The van der Waals surface area contributed by atoms with Gasteiger partial charge in [-0.2, -0.15) is 0 Å². The van der Waals surface area contributed by atoms with Gasteiger partial charge in [-0.1, -0.05) is 12.2 Å². The molecule has 0 fully saturated rings. The number of allylic oxidation sites excluding steroid dienone is 1. The molecule has 0 spiro atoms. The van der Waals surface area contributed by atoms with Gasteiger partial charge in [-0.3, -0.25) is 4.79 Å². The van der Waals surface area contributed by atoms with Crippen LogP contribution in [0.5, 0.6) is 0 Å². The van der Waals surface area contributed by atoms with Crippen molar-refractivity contribution in [2.24, 2.45) is 5.92 Å². The zero-order chi connectivity index (χ0) is 16.0. The summed E-state index contributed by atoms with van der Waals surface area (Å²) in [5.41, 5.74) is 1.11. The maximum absolute atomic E-state index is 12.0. The molecule has 0 saturated heterocycles. The molecule has 1 rings (SSSR count). The second-order valence-electron chi connectivity index (χ2n) is 5.03. The van der Waals surface area contributed by atoms with E-state index in [1.54, 1.807) is 6.92 Å². The van der Waals surface area contributed by atoms with Gasteiger partial charge < -0.3 is 14.6 Å². The Morgan fingerprint density at radius 2 is 1.90 bits per heavy atom. The molecular formula is C15H20O6. The molecule has 0 aromatic carbocycles. The van der Waals surface area contributed by atoms with Gasteiger partial charge in [0.1, 0.15) is 13.2 Å². The lowest BCUT2D eigenvalue weighted by Gasteiger charge is -2.23. The summed E-state index contributed by atoms with van der Waals surface area (Å²) in [5.74, 6) is -2.96. The van der Waals surface area contributed by atoms with Crippen molar-refractivity contribution in [3.63, 3.8) is 0 Å². The minimum atomic E-state index is -1.08. The average molecular weight is 296 g/mol. The van der Waals surface area contributed by atoms with Crippen molar-refractivity contribution in [1.82, 2.24) is 0 Å². The highest BCUT2D eigenvalue weighted by Gasteiger charge is 2.32. The van der Waals surface area contributed by atoms with Crippen molar-refractivity contribution in [2.45, 2.75) is 33.1 Å². The number of carbonyl (C=O) groups excluding carboxylic acids is 2. The SMILES string of the molecule is C=C(C)C(=O)OCCOC(=O)C1CCCC(C)=C1C(=O)O. The molecule has 1 unspecified atom stereocenters. The van der Waals surface area contributed by atoms with Crippen molar-refractivity contribution < 1.29 is 29.0 Å². The Balaban J connectivity index is 2.51. The number of carboxylic acid groups (broad SMARTS) is 1. The van der Waals surface area contributed by atoms with Crippen molar-refractivity contribution in [3.05, 3.63) is 23.3 Å². The summed E-state index contributed by atoms with van der Waals surface area (Å²) < 4.78 is 9.79. The quantitative estimate of drug-likeness (QED) is 0.457. The van der Waals surface area contributed by atoms with E-state index >= 15 is 0 Å². The van der Waals surface area contributed by atoms with Crippen LogP contribution in [0.1, 0.15) is 33.1 Å². The topological polar surface area (TPSA) is 89.9 Å². The molecule has 0 amide bonds. The van der Waals surface area contributed by atoms with Gasteiger partial charge in [0.15, 0.2) is 0 Å². The van der Waals surface area contributed by atoms with Crippen LogP contribution in [-0.4, -0.2) is 36.2 Å². The molecule has 1 atom stereocenters. The zero-order valence-corrected chi connectivity index (χ0v) is 12.3. The molecule has 0 aromatic heterocycles. The van der Waals surface area contributed by atoms with Gasteiger partial charge in [-0.25, -0.2) is 9.59 Å². The summed E-state index contributed by atoms with van der Waals surface area (Å²) in [6.45, 7) is 6.49. The molecular weight excluding hydrogens is 276 g/mol. The molecule has 0 saturated carbocycles. The molecule has 0 aliphatic heterocycles. The lowest BCUT2D eigenvalue weighted by Crippen LogP contribution is -2.28. The third kappa shape index (κ3) is 4.73. The summed E-state index contributed by atoms with van der Waals surface area (Å²) in [7, 11) is 0. The second-order valence-corrected chi connectivity index (χ2v) is 5.03. The van der Waals surface area contributed by atoms with Crippen molar-refractivity contribution in [3.8, 4) is 0 Å². The molecule has 6 nitrogen and oxygen atoms in total. The van der Waals surface area contributed by atoms with E-state index < -0.39 is 23.8 Å². The van der Waals surface area contributed by atoms with Gasteiger partial charge >= 0.3 is 17.9 Å². The van der Waals surface area contributed by atoms with Gasteiger partial charge in [-0.05, 0) is 33.1 Å². The Bertz CT molecular complexity index is 488. The Labute approximate surface area is 123 Å². The van der Waals surface area contributed by atoms with Gasteiger partial charge in [0.2, 0.25) is 0 Å². The van der Waals surface area contributed by atoms with Gasteiger partial charge in [0.05, 0.1) is 11.5 Å². The van der Waals surface area contributed by atoms with E-state index in [1.165, 1.54) is 6.92 Å². The van der Waals surface area contributed by atoms with E-state index in [4.69, 9.17) is 9.47 Å². The van der Waals surface area contributed by atoms with Crippen LogP contribution in [0.2, 0.25) is 0 Å². The first kappa shape index (κ1) is 16.9. The number of ether oxygens (including phenoxy) is 2. The number of carbonyl (C=O) groups is 3. The van der Waals surface area contributed by atoms with Crippen LogP contribution in [0.4, 0.5) is 0 Å². The van der Waals surface area contributed by atoms with Crippen LogP contribution in [0.3, 0.4) is 0 Å².